The van der Waals surface area contributed by atoms with Crippen LogP contribution in [0.3, 0.4) is 0 Å². The molecule has 100 valence electrons. The third kappa shape index (κ3) is 3.26. The van der Waals surface area contributed by atoms with Crippen molar-refractivity contribution in [1.29, 1.82) is 0 Å². The Morgan fingerprint density at radius 3 is 2.61 bits per heavy atom. The van der Waals surface area contributed by atoms with E-state index in [0.29, 0.717) is 11.5 Å². The molecular formula is C12H16FNO4. The Hall–Kier alpha value is -1.98. The molecule has 0 aliphatic carbocycles. The molecule has 18 heavy (non-hydrogen) atoms. The number of carbonyl (C=O) groups is 1. The fraction of sp³-hybridized carbons (Fsp3) is 0.417. The fourth-order valence-electron chi connectivity index (χ4n) is 1.35. The maximum atomic E-state index is 11.9. The first-order chi connectivity index (χ1) is 8.63. The van der Waals surface area contributed by atoms with Crippen LogP contribution in [-0.4, -0.2) is 33.5 Å². The van der Waals surface area contributed by atoms with Crippen molar-refractivity contribution in [2.45, 2.75) is 6.42 Å². The third-order valence-electron chi connectivity index (χ3n) is 2.30. The van der Waals surface area contributed by atoms with Crippen molar-refractivity contribution in [2.75, 3.05) is 33.2 Å². The van der Waals surface area contributed by atoms with Crippen molar-refractivity contribution < 1.29 is 23.4 Å². The van der Waals surface area contributed by atoms with Gasteiger partial charge in [-0.15, -0.1) is 0 Å². The van der Waals surface area contributed by atoms with Gasteiger partial charge in [0.05, 0.1) is 38.8 Å². The first-order valence-electron chi connectivity index (χ1n) is 5.38. The molecule has 6 heteroatoms. The van der Waals surface area contributed by atoms with Gasteiger partial charge in [-0.3, -0.25) is 4.39 Å². The van der Waals surface area contributed by atoms with Gasteiger partial charge in [0.1, 0.15) is 11.5 Å². The van der Waals surface area contributed by atoms with Crippen molar-refractivity contribution in [3.63, 3.8) is 0 Å². The molecule has 5 nitrogen and oxygen atoms in total. The molecule has 0 aliphatic rings. The highest BCUT2D eigenvalue weighted by Crippen LogP contribution is 2.31. The Kier molecular flexibility index (Phi) is 5.23. The molecule has 0 spiro atoms. The van der Waals surface area contributed by atoms with Gasteiger partial charge in [0, 0.05) is 12.5 Å². The van der Waals surface area contributed by atoms with Crippen LogP contribution in [0.15, 0.2) is 12.1 Å². The number of hydrogen-bond acceptors (Lipinski definition) is 5. The van der Waals surface area contributed by atoms with E-state index in [4.69, 9.17) is 19.9 Å². The molecule has 0 saturated carbocycles. The predicted molar refractivity (Wildman–Crippen MR) is 64.8 cm³/mol. The number of anilines is 1. The maximum absolute atomic E-state index is 11.9. The SMILES string of the molecule is COc1cc(OC)c(N)c(C(=O)OCCCF)c1. The number of methoxy groups -OCH3 is 2. The van der Waals surface area contributed by atoms with E-state index in [1.807, 2.05) is 0 Å². The van der Waals surface area contributed by atoms with Crippen LogP contribution in [0.5, 0.6) is 11.5 Å². The van der Waals surface area contributed by atoms with E-state index in [9.17, 15) is 9.18 Å². The van der Waals surface area contributed by atoms with Crippen molar-refractivity contribution in [3.8, 4) is 11.5 Å². The molecule has 1 aromatic carbocycles. The average molecular weight is 257 g/mol. The van der Waals surface area contributed by atoms with Crippen LogP contribution in [0.2, 0.25) is 0 Å². The first kappa shape index (κ1) is 14.1. The smallest absolute Gasteiger partial charge is 0.340 e. The van der Waals surface area contributed by atoms with E-state index in [-0.39, 0.29) is 24.3 Å². The summed E-state index contributed by atoms with van der Waals surface area (Å²) >= 11 is 0. The first-order valence-corrected chi connectivity index (χ1v) is 5.38. The molecule has 0 heterocycles. The zero-order chi connectivity index (χ0) is 13.5. The van der Waals surface area contributed by atoms with Crippen LogP contribution in [0.1, 0.15) is 16.8 Å². The van der Waals surface area contributed by atoms with E-state index in [1.54, 1.807) is 6.07 Å². The lowest BCUT2D eigenvalue weighted by Gasteiger charge is -2.12. The number of carbonyl (C=O) groups excluding carboxylic acids is 1. The largest absolute Gasteiger partial charge is 0.497 e. The topological polar surface area (TPSA) is 70.8 Å². The molecule has 2 N–H and O–H groups in total. The summed E-state index contributed by atoms with van der Waals surface area (Å²) in [5, 5.41) is 0. The number of nitrogens with two attached hydrogens (primary N) is 1. The number of benzene rings is 1. The number of esters is 1. The van der Waals surface area contributed by atoms with E-state index in [1.165, 1.54) is 20.3 Å². The van der Waals surface area contributed by atoms with Crippen molar-refractivity contribution in [1.82, 2.24) is 0 Å². The Bertz CT molecular complexity index is 423. The number of nitrogen functional groups attached to an aromatic ring is 1. The Balaban J connectivity index is 2.95. The molecule has 0 saturated heterocycles. The van der Waals surface area contributed by atoms with E-state index in [2.05, 4.69) is 0 Å². The normalized spacial score (nSPS) is 9.94. The van der Waals surface area contributed by atoms with Crippen molar-refractivity contribution in [2.24, 2.45) is 0 Å². The van der Waals surface area contributed by atoms with Crippen LogP contribution < -0.4 is 15.2 Å². The summed E-state index contributed by atoms with van der Waals surface area (Å²) in [6.45, 7) is -0.529. The van der Waals surface area contributed by atoms with Crippen molar-refractivity contribution in [3.05, 3.63) is 17.7 Å². The highest BCUT2D eigenvalue weighted by atomic mass is 19.1. The van der Waals surface area contributed by atoms with Gasteiger partial charge in [0.2, 0.25) is 0 Å². The lowest BCUT2D eigenvalue weighted by atomic mass is 10.1. The van der Waals surface area contributed by atoms with Gasteiger partial charge in [-0.1, -0.05) is 0 Å². The Morgan fingerprint density at radius 1 is 1.33 bits per heavy atom. The Labute approximate surface area is 105 Å². The van der Waals surface area contributed by atoms with Crippen LogP contribution in [0.25, 0.3) is 0 Å². The summed E-state index contributed by atoms with van der Waals surface area (Å²) in [7, 11) is 2.90. The Morgan fingerprint density at radius 2 is 2.06 bits per heavy atom. The zero-order valence-corrected chi connectivity index (χ0v) is 10.4. The molecule has 0 aromatic heterocycles. The molecule has 0 atom stereocenters. The monoisotopic (exact) mass is 257 g/mol. The minimum atomic E-state index is -0.627. The van der Waals surface area contributed by atoms with Gasteiger partial charge in [-0.05, 0) is 6.07 Å². The second-order valence-corrected chi connectivity index (χ2v) is 3.47. The summed E-state index contributed by atoms with van der Waals surface area (Å²) in [5.41, 5.74) is 6.08. The maximum Gasteiger partial charge on any atom is 0.340 e. The molecule has 0 aliphatic heterocycles. The van der Waals surface area contributed by atoms with E-state index >= 15 is 0 Å². The standard InChI is InChI=1S/C12H16FNO4/c1-16-8-6-9(11(14)10(7-8)17-2)12(15)18-5-3-4-13/h6-7H,3-5,14H2,1-2H3. The van der Waals surface area contributed by atoms with Gasteiger partial charge in [0.25, 0.3) is 0 Å². The van der Waals surface area contributed by atoms with E-state index in [0.717, 1.165) is 0 Å². The van der Waals surface area contributed by atoms with Gasteiger partial charge < -0.3 is 19.9 Å². The molecule has 0 fully saturated rings. The summed E-state index contributed by atoms with van der Waals surface area (Å²) in [4.78, 5) is 11.7. The van der Waals surface area contributed by atoms with Crippen LogP contribution in [-0.2, 0) is 4.74 Å². The second kappa shape index (κ2) is 6.68. The zero-order valence-electron chi connectivity index (χ0n) is 10.4. The van der Waals surface area contributed by atoms with Crippen LogP contribution in [0.4, 0.5) is 10.1 Å². The minimum absolute atomic E-state index is 0.00823. The number of hydrogen-bond donors (Lipinski definition) is 1. The molecule has 0 radical (unpaired) electrons. The highest BCUT2D eigenvalue weighted by molar-refractivity contribution is 5.97. The number of halogens is 1. The quantitative estimate of drug-likeness (QED) is 0.478. The number of alkyl halides is 1. The molecule has 0 unspecified atom stereocenters. The molecule has 1 rings (SSSR count). The van der Waals surface area contributed by atoms with Crippen molar-refractivity contribution >= 4 is 11.7 Å². The van der Waals surface area contributed by atoms with Gasteiger partial charge in [-0.2, -0.15) is 0 Å². The summed E-state index contributed by atoms with van der Waals surface area (Å²) in [6, 6.07) is 3.02. The highest BCUT2D eigenvalue weighted by Gasteiger charge is 2.17. The molecular weight excluding hydrogens is 241 g/mol. The third-order valence-corrected chi connectivity index (χ3v) is 2.30. The predicted octanol–water partition coefficient (Wildman–Crippen LogP) is 1.80. The average Bonchev–Trinajstić information content (AvgIpc) is 2.39. The van der Waals surface area contributed by atoms with Crippen LogP contribution >= 0.6 is 0 Å². The lowest BCUT2D eigenvalue weighted by Crippen LogP contribution is -2.11. The summed E-state index contributed by atoms with van der Waals surface area (Å²) in [5.74, 6) is 0.128. The molecule has 0 bridgehead atoms. The second-order valence-electron chi connectivity index (χ2n) is 3.47. The minimum Gasteiger partial charge on any atom is -0.497 e. The van der Waals surface area contributed by atoms with E-state index < -0.39 is 12.6 Å². The fourth-order valence-corrected chi connectivity index (χ4v) is 1.35. The van der Waals surface area contributed by atoms with Gasteiger partial charge in [-0.25, -0.2) is 4.79 Å². The number of ether oxygens (including phenoxy) is 3. The lowest BCUT2D eigenvalue weighted by molar-refractivity contribution is 0.0494. The molecule has 1 aromatic rings. The summed E-state index contributed by atoms with van der Waals surface area (Å²) < 4.78 is 26.8. The van der Waals surface area contributed by atoms with Gasteiger partial charge in [0.15, 0.2) is 0 Å². The number of rotatable bonds is 6. The van der Waals surface area contributed by atoms with Gasteiger partial charge >= 0.3 is 5.97 Å². The molecule has 0 amide bonds. The summed E-state index contributed by atoms with van der Waals surface area (Å²) in [6.07, 6.45) is 0.159. The van der Waals surface area contributed by atoms with Crippen LogP contribution in [0, 0.1) is 0 Å².